The van der Waals surface area contributed by atoms with E-state index in [9.17, 15) is 14.3 Å². The smallest absolute Gasteiger partial charge is 0.197 e. The first-order valence-electron chi connectivity index (χ1n) is 7.86. The zero-order valence-electron chi connectivity index (χ0n) is 13.4. The predicted octanol–water partition coefficient (Wildman–Crippen LogP) is 6.38. The largest absolute Gasteiger partial charge is 0.506 e. The zero-order valence-corrected chi connectivity index (χ0v) is 16.6. The number of aryl methyl sites for hydroxylation is 1. The second kappa shape index (κ2) is 7.30. The molecule has 0 atom stereocenters. The molecule has 0 saturated heterocycles. The van der Waals surface area contributed by atoms with Crippen molar-refractivity contribution in [3.8, 4) is 5.75 Å². The van der Waals surface area contributed by atoms with Gasteiger partial charge in [-0.2, -0.15) is 0 Å². The van der Waals surface area contributed by atoms with E-state index in [1.54, 1.807) is 18.2 Å². The third-order valence-corrected chi connectivity index (χ3v) is 5.20. The fraction of sp³-hybridized carbons (Fsp3) is 0.211. The van der Waals surface area contributed by atoms with Crippen molar-refractivity contribution in [3.05, 3.63) is 62.0 Å². The summed E-state index contributed by atoms with van der Waals surface area (Å²) in [5.74, 6) is -0.104. The second-order valence-corrected chi connectivity index (χ2v) is 7.47. The molecule has 3 nitrogen and oxygen atoms in total. The number of benzene rings is 2. The quantitative estimate of drug-likeness (QED) is 0.441. The standard InChI is InChI=1S/C19H15Br2FO3/c1-2-3-4-16-17(12-9-11(22)5-6-15(12)25-16)18(23)10-7-13(20)19(24)14(21)8-10/h5-9,24H,2-4H2,1H3. The molecule has 3 rings (SSSR count). The lowest BCUT2D eigenvalue weighted by Gasteiger charge is -2.06. The van der Waals surface area contributed by atoms with Gasteiger partial charge in [-0.1, -0.05) is 13.3 Å². The highest BCUT2D eigenvalue weighted by Gasteiger charge is 2.23. The summed E-state index contributed by atoms with van der Waals surface area (Å²) in [6, 6.07) is 7.28. The van der Waals surface area contributed by atoms with E-state index < -0.39 is 5.82 Å². The SMILES string of the molecule is CCCCc1oc2ccc(F)cc2c1C(=O)c1cc(Br)c(O)c(Br)c1. The molecule has 6 heteroatoms. The van der Waals surface area contributed by atoms with Gasteiger partial charge in [0.05, 0.1) is 14.5 Å². The Labute approximate surface area is 161 Å². The van der Waals surface area contributed by atoms with Crippen LogP contribution in [0.4, 0.5) is 4.39 Å². The van der Waals surface area contributed by atoms with E-state index in [-0.39, 0.29) is 11.5 Å². The van der Waals surface area contributed by atoms with Crippen LogP contribution < -0.4 is 0 Å². The van der Waals surface area contributed by atoms with Gasteiger partial charge in [-0.15, -0.1) is 0 Å². The summed E-state index contributed by atoms with van der Waals surface area (Å²) >= 11 is 6.47. The van der Waals surface area contributed by atoms with Crippen molar-refractivity contribution in [2.45, 2.75) is 26.2 Å². The van der Waals surface area contributed by atoms with Crippen LogP contribution >= 0.6 is 31.9 Å². The molecule has 2 aromatic carbocycles. The Bertz CT molecular complexity index is 940. The molecule has 1 aromatic heterocycles. The number of fused-ring (bicyclic) bond motifs is 1. The summed E-state index contributed by atoms with van der Waals surface area (Å²) in [5, 5.41) is 10.3. The van der Waals surface area contributed by atoms with Crippen LogP contribution in [0.15, 0.2) is 43.7 Å². The van der Waals surface area contributed by atoms with Gasteiger partial charge in [0.2, 0.25) is 0 Å². The van der Waals surface area contributed by atoms with Crippen molar-refractivity contribution in [2.24, 2.45) is 0 Å². The van der Waals surface area contributed by atoms with E-state index in [1.165, 1.54) is 12.1 Å². The van der Waals surface area contributed by atoms with Gasteiger partial charge in [0, 0.05) is 17.4 Å². The summed E-state index contributed by atoms with van der Waals surface area (Å²) < 4.78 is 20.4. The number of phenols is 1. The Morgan fingerprint density at radius 1 is 1.20 bits per heavy atom. The molecule has 25 heavy (non-hydrogen) atoms. The van der Waals surface area contributed by atoms with Crippen molar-refractivity contribution < 1.29 is 18.7 Å². The number of carbonyl (C=O) groups excluding carboxylic acids is 1. The van der Waals surface area contributed by atoms with Gasteiger partial charge in [-0.3, -0.25) is 4.79 Å². The number of hydrogen-bond acceptors (Lipinski definition) is 3. The number of carbonyl (C=O) groups is 1. The first-order chi connectivity index (χ1) is 11.9. The molecule has 0 fully saturated rings. The van der Waals surface area contributed by atoms with Crippen molar-refractivity contribution in [1.29, 1.82) is 0 Å². The Morgan fingerprint density at radius 3 is 2.52 bits per heavy atom. The average Bonchev–Trinajstić information content (AvgIpc) is 2.94. The van der Waals surface area contributed by atoms with Crippen LogP contribution in [0.2, 0.25) is 0 Å². The molecule has 0 aliphatic carbocycles. The molecule has 0 amide bonds. The minimum absolute atomic E-state index is 0.0193. The van der Waals surface area contributed by atoms with E-state index in [0.29, 0.717) is 43.2 Å². The third kappa shape index (κ3) is 3.51. The maximum Gasteiger partial charge on any atom is 0.197 e. The van der Waals surface area contributed by atoms with Crippen LogP contribution in [0.5, 0.6) is 5.75 Å². The van der Waals surface area contributed by atoms with Gasteiger partial charge in [-0.05, 0) is 68.6 Å². The Hall–Kier alpha value is -1.66. The van der Waals surface area contributed by atoms with Crippen molar-refractivity contribution in [2.75, 3.05) is 0 Å². The lowest BCUT2D eigenvalue weighted by molar-refractivity contribution is 0.103. The van der Waals surface area contributed by atoms with Crippen LogP contribution in [0.1, 0.15) is 41.4 Å². The number of phenolic OH excluding ortho intramolecular Hbond substituents is 1. The summed E-state index contributed by atoms with van der Waals surface area (Å²) in [4.78, 5) is 13.1. The predicted molar refractivity (Wildman–Crippen MR) is 102 cm³/mol. The first-order valence-corrected chi connectivity index (χ1v) is 9.44. The summed E-state index contributed by atoms with van der Waals surface area (Å²) in [6.45, 7) is 2.05. The lowest BCUT2D eigenvalue weighted by Crippen LogP contribution is -2.04. The van der Waals surface area contributed by atoms with Gasteiger partial charge in [-0.25, -0.2) is 4.39 Å². The maximum absolute atomic E-state index is 13.7. The zero-order chi connectivity index (χ0) is 18.1. The molecule has 0 bridgehead atoms. The Kier molecular flexibility index (Phi) is 5.29. The van der Waals surface area contributed by atoms with Crippen molar-refractivity contribution in [3.63, 3.8) is 0 Å². The molecule has 0 saturated carbocycles. The number of rotatable bonds is 5. The Balaban J connectivity index is 2.18. The Morgan fingerprint density at radius 2 is 1.88 bits per heavy atom. The summed E-state index contributed by atoms with van der Waals surface area (Å²) in [6.07, 6.45) is 2.43. The maximum atomic E-state index is 13.7. The number of halogens is 3. The number of hydrogen-bond donors (Lipinski definition) is 1. The van der Waals surface area contributed by atoms with Crippen LogP contribution in [0, 0.1) is 5.82 Å². The first kappa shape index (κ1) is 18.1. The topological polar surface area (TPSA) is 50.4 Å². The van der Waals surface area contributed by atoms with E-state index in [4.69, 9.17) is 4.42 Å². The number of aromatic hydroxyl groups is 1. The van der Waals surface area contributed by atoms with Crippen molar-refractivity contribution in [1.82, 2.24) is 0 Å². The molecule has 0 unspecified atom stereocenters. The summed E-state index contributed by atoms with van der Waals surface area (Å²) in [7, 11) is 0. The second-order valence-electron chi connectivity index (χ2n) is 5.76. The van der Waals surface area contributed by atoms with E-state index in [1.807, 2.05) is 0 Å². The number of furan rings is 1. The van der Waals surface area contributed by atoms with E-state index in [2.05, 4.69) is 38.8 Å². The minimum atomic E-state index is -0.419. The molecule has 1 N–H and O–H groups in total. The highest BCUT2D eigenvalue weighted by Crippen LogP contribution is 2.36. The van der Waals surface area contributed by atoms with Crippen molar-refractivity contribution >= 4 is 48.6 Å². The fourth-order valence-electron chi connectivity index (χ4n) is 2.72. The highest BCUT2D eigenvalue weighted by atomic mass is 79.9. The van der Waals surface area contributed by atoms with Crippen LogP contribution in [0.3, 0.4) is 0 Å². The highest BCUT2D eigenvalue weighted by molar-refractivity contribution is 9.11. The van der Waals surface area contributed by atoms with Gasteiger partial charge >= 0.3 is 0 Å². The molecular formula is C19H15Br2FO3. The van der Waals surface area contributed by atoms with Gasteiger partial charge in [0.25, 0.3) is 0 Å². The monoisotopic (exact) mass is 468 g/mol. The number of ketones is 1. The molecule has 0 spiro atoms. The molecule has 3 aromatic rings. The minimum Gasteiger partial charge on any atom is -0.506 e. The van der Waals surface area contributed by atoms with Crippen LogP contribution in [-0.4, -0.2) is 10.9 Å². The lowest BCUT2D eigenvalue weighted by atomic mass is 9.98. The molecule has 130 valence electrons. The van der Waals surface area contributed by atoms with Crippen LogP contribution in [0.25, 0.3) is 11.0 Å². The summed E-state index contributed by atoms with van der Waals surface area (Å²) in [5.41, 5.74) is 1.25. The van der Waals surface area contributed by atoms with Gasteiger partial charge in [0.1, 0.15) is 22.9 Å². The number of unbranched alkanes of at least 4 members (excludes halogenated alkanes) is 1. The van der Waals surface area contributed by atoms with Crippen LogP contribution in [-0.2, 0) is 6.42 Å². The fourth-order valence-corrected chi connectivity index (χ4v) is 3.91. The normalized spacial score (nSPS) is 11.2. The van der Waals surface area contributed by atoms with E-state index >= 15 is 0 Å². The third-order valence-electron chi connectivity index (χ3n) is 3.99. The van der Waals surface area contributed by atoms with E-state index in [0.717, 1.165) is 12.8 Å². The average molecular weight is 470 g/mol. The molecule has 0 radical (unpaired) electrons. The van der Waals surface area contributed by atoms with Gasteiger partial charge in [0.15, 0.2) is 5.78 Å². The molecule has 0 aliphatic rings. The molecule has 1 heterocycles. The molecular weight excluding hydrogens is 455 g/mol. The van der Waals surface area contributed by atoms with Gasteiger partial charge < -0.3 is 9.52 Å². The molecule has 0 aliphatic heterocycles.